The molecule has 0 aromatic carbocycles. The zero-order chi connectivity index (χ0) is 11.6. The third kappa shape index (κ3) is 2.86. The Morgan fingerprint density at radius 1 is 1.20 bits per heavy atom. The molecule has 0 unspecified atom stereocenters. The fourth-order valence-electron chi connectivity index (χ4n) is 1.34. The van der Waals surface area contributed by atoms with Crippen molar-refractivity contribution >= 4 is 5.91 Å². The molecule has 1 aliphatic heterocycles. The largest absolute Gasteiger partial charge is 0.388 e. The van der Waals surface area contributed by atoms with Crippen LogP contribution in [0.3, 0.4) is 0 Å². The number of nitrogens with one attached hydrogen (secondary N) is 2. The highest BCUT2D eigenvalue weighted by atomic mass is 16.5. The molecule has 0 saturated carbocycles. The van der Waals surface area contributed by atoms with Gasteiger partial charge in [0, 0.05) is 6.92 Å². The van der Waals surface area contributed by atoms with Crippen LogP contribution in [0.2, 0.25) is 0 Å². The van der Waals surface area contributed by atoms with Gasteiger partial charge in [-0.05, 0) is 6.92 Å². The molecule has 1 saturated heterocycles. The number of amides is 1. The maximum absolute atomic E-state index is 10.6. The third-order valence-electron chi connectivity index (χ3n) is 2.24. The second kappa shape index (κ2) is 4.86. The number of aliphatic hydroxyl groups excluding tert-OH is 3. The number of carbonyl (C=O) groups is 1. The Balaban J connectivity index is 2.54. The van der Waals surface area contributed by atoms with E-state index in [-0.39, 0.29) is 5.91 Å². The molecule has 1 heterocycles. The molecule has 0 aliphatic carbocycles. The molecule has 0 radical (unpaired) electrons. The zero-order valence-corrected chi connectivity index (χ0v) is 8.54. The van der Waals surface area contributed by atoms with Crippen molar-refractivity contribution < 1.29 is 24.9 Å². The van der Waals surface area contributed by atoms with E-state index in [0.29, 0.717) is 0 Å². The second-order valence-corrected chi connectivity index (χ2v) is 3.56. The molecular formula is C8H16N2O5. The minimum atomic E-state index is -1.31. The lowest BCUT2D eigenvalue weighted by molar-refractivity contribution is -0.227. The second-order valence-electron chi connectivity index (χ2n) is 3.56. The van der Waals surface area contributed by atoms with Crippen molar-refractivity contribution in [2.24, 2.45) is 0 Å². The summed E-state index contributed by atoms with van der Waals surface area (Å²) < 4.78 is 5.15. The summed E-state index contributed by atoms with van der Waals surface area (Å²) in [5.41, 5.74) is 4.64. The maximum atomic E-state index is 10.6. The van der Waals surface area contributed by atoms with E-state index in [4.69, 9.17) is 4.74 Å². The van der Waals surface area contributed by atoms with Crippen LogP contribution in [0, 0.1) is 0 Å². The van der Waals surface area contributed by atoms with Gasteiger partial charge in [0.25, 0.3) is 0 Å². The minimum Gasteiger partial charge on any atom is -0.388 e. The van der Waals surface area contributed by atoms with Crippen molar-refractivity contribution in [2.75, 3.05) is 0 Å². The van der Waals surface area contributed by atoms with Gasteiger partial charge in [0.15, 0.2) is 6.23 Å². The molecule has 0 aromatic rings. The van der Waals surface area contributed by atoms with Crippen LogP contribution in [-0.4, -0.2) is 51.9 Å². The smallest absolute Gasteiger partial charge is 0.231 e. The Kier molecular flexibility index (Phi) is 4.00. The van der Waals surface area contributed by atoms with Crippen molar-refractivity contribution in [3.8, 4) is 0 Å². The van der Waals surface area contributed by atoms with Gasteiger partial charge in [0.05, 0.1) is 6.10 Å². The summed E-state index contributed by atoms with van der Waals surface area (Å²) in [6.45, 7) is 2.85. The van der Waals surface area contributed by atoms with Gasteiger partial charge in [-0.1, -0.05) is 0 Å². The number of hydrazine groups is 1. The monoisotopic (exact) mass is 220 g/mol. The van der Waals surface area contributed by atoms with E-state index in [0.717, 1.165) is 0 Å². The standard InChI is InChI=1S/C8H16N2O5/c1-3-5(12)6(13)7(14)8(15-3)10-9-4(2)11/h3,5-8,10,12-14H,1-2H3,(H,9,11)/t3-,5-,6+,7+,8-/m1/s1. The van der Waals surface area contributed by atoms with Crippen LogP contribution >= 0.6 is 0 Å². The van der Waals surface area contributed by atoms with E-state index < -0.39 is 30.6 Å². The third-order valence-corrected chi connectivity index (χ3v) is 2.24. The Morgan fingerprint density at radius 2 is 1.80 bits per heavy atom. The van der Waals surface area contributed by atoms with Crippen molar-refractivity contribution in [2.45, 2.75) is 44.5 Å². The molecule has 1 fully saturated rings. The number of carbonyl (C=O) groups excluding carboxylic acids is 1. The molecule has 7 heteroatoms. The van der Waals surface area contributed by atoms with Crippen LogP contribution < -0.4 is 10.9 Å². The lowest BCUT2D eigenvalue weighted by Gasteiger charge is -2.39. The Bertz CT molecular complexity index is 237. The van der Waals surface area contributed by atoms with Crippen LogP contribution in [0.15, 0.2) is 0 Å². The molecule has 5 atom stereocenters. The lowest BCUT2D eigenvalue weighted by atomic mass is 9.99. The summed E-state index contributed by atoms with van der Waals surface area (Å²) in [5.74, 6) is -0.348. The first-order valence-corrected chi connectivity index (χ1v) is 4.65. The van der Waals surface area contributed by atoms with Crippen LogP contribution in [0.4, 0.5) is 0 Å². The number of rotatable bonds is 2. The fourth-order valence-corrected chi connectivity index (χ4v) is 1.34. The summed E-state index contributed by atoms with van der Waals surface area (Å²) in [6, 6.07) is 0. The zero-order valence-electron chi connectivity index (χ0n) is 8.54. The molecule has 0 bridgehead atoms. The van der Waals surface area contributed by atoms with E-state index in [1.54, 1.807) is 6.92 Å². The van der Waals surface area contributed by atoms with Gasteiger partial charge in [0.1, 0.15) is 18.3 Å². The highest BCUT2D eigenvalue weighted by Crippen LogP contribution is 2.18. The Hall–Kier alpha value is -0.730. The predicted molar refractivity (Wildman–Crippen MR) is 49.3 cm³/mol. The molecule has 5 N–H and O–H groups in total. The highest BCUT2D eigenvalue weighted by molar-refractivity contribution is 5.72. The van der Waals surface area contributed by atoms with Crippen molar-refractivity contribution in [3.05, 3.63) is 0 Å². The van der Waals surface area contributed by atoms with Crippen molar-refractivity contribution in [3.63, 3.8) is 0 Å². The summed E-state index contributed by atoms with van der Waals surface area (Å²) in [4.78, 5) is 10.6. The first-order valence-electron chi connectivity index (χ1n) is 4.65. The van der Waals surface area contributed by atoms with E-state index in [2.05, 4.69) is 10.9 Å². The van der Waals surface area contributed by atoms with Crippen molar-refractivity contribution in [1.82, 2.24) is 10.9 Å². The molecule has 1 aliphatic rings. The number of hydrogen-bond acceptors (Lipinski definition) is 6. The van der Waals surface area contributed by atoms with Gasteiger partial charge in [-0.2, -0.15) is 0 Å². The summed E-state index contributed by atoms with van der Waals surface area (Å²) in [7, 11) is 0. The SMILES string of the molecule is CC(=O)NN[C@@H]1O[C@H](C)[C@@H](O)[C@H](O)[C@@H]1O. The van der Waals surface area contributed by atoms with Crippen LogP contribution in [0.5, 0.6) is 0 Å². The molecule has 15 heavy (non-hydrogen) atoms. The highest BCUT2D eigenvalue weighted by Gasteiger charge is 2.41. The van der Waals surface area contributed by atoms with Gasteiger partial charge in [0.2, 0.25) is 5.91 Å². The molecule has 1 amide bonds. The van der Waals surface area contributed by atoms with Crippen molar-refractivity contribution in [1.29, 1.82) is 0 Å². The topological polar surface area (TPSA) is 111 Å². The van der Waals surface area contributed by atoms with Gasteiger partial charge >= 0.3 is 0 Å². The van der Waals surface area contributed by atoms with Crippen LogP contribution in [-0.2, 0) is 9.53 Å². The lowest BCUT2D eigenvalue weighted by Crippen LogP contribution is -2.63. The maximum Gasteiger partial charge on any atom is 0.231 e. The first-order chi connectivity index (χ1) is 6.93. The van der Waals surface area contributed by atoms with Gasteiger partial charge < -0.3 is 20.1 Å². The molecule has 7 nitrogen and oxygen atoms in total. The average molecular weight is 220 g/mol. The number of ether oxygens (including phenoxy) is 1. The quantitative estimate of drug-likeness (QED) is 0.328. The Morgan fingerprint density at radius 3 is 2.33 bits per heavy atom. The number of aliphatic hydroxyl groups is 3. The molecule has 0 spiro atoms. The average Bonchev–Trinajstić information content (AvgIpc) is 2.18. The van der Waals surface area contributed by atoms with E-state index in [9.17, 15) is 20.1 Å². The van der Waals surface area contributed by atoms with E-state index in [1.807, 2.05) is 0 Å². The fraction of sp³-hybridized carbons (Fsp3) is 0.875. The first kappa shape index (κ1) is 12.3. The summed E-state index contributed by atoms with van der Waals surface area (Å²) in [6.07, 6.45) is -5.32. The van der Waals surface area contributed by atoms with Gasteiger partial charge in [-0.3, -0.25) is 10.2 Å². The molecule has 88 valence electrons. The summed E-state index contributed by atoms with van der Waals surface area (Å²) in [5, 5.41) is 28.3. The molecule has 0 aromatic heterocycles. The van der Waals surface area contributed by atoms with E-state index in [1.165, 1.54) is 6.92 Å². The van der Waals surface area contributed by atoms with Gasteiger partial charge in [-0.15, -0.1) is 0 Å². The normalized spacial score (nSPS) is 41.3. The van der Waals surface area contributed by atoms with Crippen LogP contribution in [0.25, 0.3) is 0 Å². The van der Waals surface area contributed by atoms with E-state index >= 15 is 0 Å². The van der Waals surface area contributed by atoms with Crippen LogP contribution in [0.1, 0.15) is 13.8 Å². The summed E-state index contributed by atoms with van der Waals surface area (Å²) >= 11 is 0. The number of hydrogen-bond donors (Lipinski definition) is 5. The molecule has 1 rings (SSSR count). The van der Waals surface area contributed by atoms with Gasteiger partial charge in [-0.25, -0.2) is 5.43 Å². The minimum absolute atomic E-state index is 0.348. The predicted octanol–water partition coefficient (Wildman–Crippen LogP) is -2.55. The Labute approximate surface area is 87.0 Å². The molecular weight excluding hydrogens is 204 g/mol.